The van der Waals surface area contributed by atoms with E-state index in [1.54, 1.807) is 0 Å². The number of hydrogen-bond acceptors (Lipinski definition) is 3. The monoisotopic (exact) mass is 306 g/mol. The summed E-state index contributed by atoms with van der Waals surface area (Å²) in [5.41, 5.74) is 1.17. The lowest BCUT2D eigenvalue weighted by Crippen LogP contribution is -2.30. The number of nitrogens with one attached hydrogen (secondary N) is 1. The normalized spacial score (nSPS) is 11.2. The van der Waals surface area contributed by atoms with E-state index in [9.17, 15) is 0 Å². The topological polar surface area (TPSA) is 24.5 Å². The van der Waals surface area contributed by atoms with Crippen LogP contribution in [0, 0.1) is 5.92 Å². The molecule has 0 atom stereocenters. The Balaban J connectivity index is 2.28. The van der Waals surface area contributed by atoms with Crippen LogP contribution in [0.4, 0.5) is 5.69 Å². The molecule has 1 rings (SSSR count). The van der Waals surface area contributed by atoms with Crippen molar-refractivity contribution in [1.29, 1.82) is 0 Å². The van der Waals surface area contributed by atoms with Gasteiger partial charge in [-0.05, 0) is 62.5 Å². The largest absolute Gasteiger partial charge is 0.494 e. The molecule has 1 N–H and O–H groups in total. The molecule has 0 aromatic heterocycles. The highest BCUT2D eigenvalue weighted by atomic mass is 16.5. The highest BCUT2D eigenvalue weighted by Gasteiger charge is 2.02. The maximum absolute atomic E-state index is 5.74. The Hall–Kier alpha value is -1.22. The maximum Gasteiger partial charge on any atom is 0.119 e. The zero-order valence-corrected chi connectivity index (χ0v) is 14.9. The predicted molar refractivity (Wildman–Crippen MR) is 96.9 cm³/mol. The van der Waals surface area contributed by atoms with Crippen LogP contribution < -0.4 is 10.1 Å². The van der Waals surface area contributed by atoms with Crippen LogP contribution in [0.5, 0.6) is 5.75 Å². The summed E-state index contributed by atoms with van der Waals surface area (Å²) in [6.07, 6.45) is 3.55. The van der Waals surface area contributed by atoms with Gasteiger partial charge in [0.25, 0.3) is 0 Å². The summed E-state index contributed by atoms with van der Waals surface area (Å²) in [7, 11) is 0. The molecular weight excluding hydrogens is 272 g/mol. The molecule has 3 nitrogen and oxygen atoms in total. The molecule has 0 heterocycles. The number of benzene rings is 1. The van der Waals surface area contributed by atoms with Crippen molar-refractivity contribution in [2.45, 2.75) is 47.0 Å². The van der Waals surface area contributed by atoms with Crippen LogP contribution in [-0.4, -0.2) is 37.7 Å². The Morgan fingerprint density at radius 2 is 1.64 bits per heavy atom. The number of rotatable bonds is 12. The summed E-state index contributed by atoms with van der Waals surface area (Å²) in [5, 5.41) is 3.50. The molecule has 0 spiro atoms. The first-order valence-corrected chi connectivity index (χ1v) is 8.84. The van der Waals surface area contributed by atoms with Gasteiger partial charge in [-0.3, -0.25) is 0 Å². The van der Waals surface area contributed by atoms with Gasteiger partial charge in [0.15, 0.2) is 0 Å². The minimum atomic E-state index is 0.690. The van der Waals surface area contributed by atoms with Crippen LogP contribution >= 0.6 is 0 Å². The van der Waals surface area contributed by atoms with Crippen molar-refractivity contribution in [3.63, 3.8) is 0 Å². The van der Waals surface area contributed by atoms with Gasteiger partial charge in [0.2, 0.25) is 0 Å². The molecule has 0 aliphatic heterocycles. The molecule has 1 aromatic carbocycles. The molecule has 1 aromatic rings. The van der Waals surface area contributed by atoms with Gasteiger partial charge in [0.1, 0.15) is 5.75 Å². The molecule has 0 saturated carbocycles. The van der Waals surface area contributed by atoms with E-state index in [0.717, 1.165) is 31.9 Å². The van der Waals surface area contributed by atoms with E-state index >= 15 is 0 Å². The van der Waals surface area contributed by atoms with E-state index in [4.69, 9.17) is 4.74 Å². The average molecular weight is 306 g/mol. The highest BCUT2D eigenvalue weighted by Crippen LogP contribution is 2.16. The Labute approximate surface area is 137 Å². The van der Waals surface area contributed by atoms with Crippen molar-refractivity contribution >= 4 is 5.69 Å². The van der Waals surface area contributed by atoms with Crippen LogP contribution in [0.1, 0.15) is 47.0 Å². The second-order valence-corrected chi connectivity index (χ2v) is 6.32. The van der Waals surface area contributed by atoms with Crippen molar-refractivity contribution in [2.24, 2.45) is 5.92 Å². The summed E-state index contributed by atoms with van der Waals surface area (Å²) in [6.45, 7) is 14.2. The Kier molecular flexibility index (Phi) is 9.72. The van der Waals surface area contributed by atoms with Gasteiger partial charge in [-0.2, -0.15) is 0 Å². The van der Waals surface area contributed by atoms with E-state index in [-0.39, 0.29) is 0 Å². The van der Waals surface area contributed by atoms with E-state index in [1.165, 1.54) is 31.6 Å². The minimum Gasteiger partial charge on any atom is -0.494 e. The molecule has 0 saturated heterocycles. The average Bonchev–Trinajstić information content (AvgIpc) is 2.49. The summed E-state index contributed by atoms with van der Waals surface area (Å²) in [4.78, 5) is 2.52. The number of ether oxygens (including phenoxy) is 1. The first kappa shape index (κ1) is 18.8. The standard InChI is InChI=1S/C19H34N2O/c1-5-13-21(14-6-2)15-12-20-18-7-9-19(10-8-18)22-16-11-17(3)4/h7-10,17,20H,5-6,11-16H2,1-4H3. The molecule has 3 heteroatoms. The third kappa shape index (κ3) is 8.28. The van der Waals surface area contributed by atoms with Crippen molar-refractivity contribution in [3.8, 4) is 5.75 Å². The van der Waals surface area contributed by atoms with Crippen molar-refractivity contribution < 1.29 is 4.74 Å². The summed E-state index contributed by atoms with van der Waals surface area (Å²) >= 11 is 0. The summed E-state index contributed by atoms with van der Waals surface area (Å²) in [6, 6.07) is 8.32. The summed E-state index contributed by atoms with van der Waals surface area (Å²) < 4.78 is 5.74. The van der Waals surface area contributed by atoms with Crippen molar-refractivity contribution in [3.05, 3.63) is 24.3 Å². The first-order valence-electron chi connectivity index (χ1n) is 8.84. The third-order valence-electron chi connectivity index (χ3n) is 3.66. The highest BCUT2D eigenvalue weighted by molar-refractivity contribution is 5.46. The zero-order valence-electron chi connectivity index (χ0n) is 14.9. The van der Waals surface area contributed by atoms with E-state index in [0.29, 0.717) is 5.92 Å². The van der Waals surface area contributed by atoms with Crippen LogP contribution in [0.15, 0.2) is 24.3 Å². The third-order valence-corrected chi connectivity index (χ3v) is 3.66. The molecule has 126 valence electrons. The smallest absolute Gasteiger partial charge is 0.119 e. The molecular formula is C19H34N2O. The van der Waals surface area contributed by atoms with Gasteiger partial charge in [-0.25, -0.2) is 0 Å². The van der Waals surface area contributed by atoms with Gasteiger partial charge in [0, 0.05) is 18.8 Å². The van der Waals surface area contributed by atoms with E-state index in [1.807, 2.05) is 0 Å². The molecule has 22 heavy (non-hydrogen) atoms. The summed E-state index contributed by atoms with van der Waals surface area (Å²) in [5.74, 6) is 1.65. The number of hydrogen-bond donors (Lipinski definition) is 1. The molecule has 0 aliphatic rings. The van der Waals surface area contributed by atoms with Gasteiger partial charge < -0.3 is 15.0 Å². The molecule has 0 unspecified atom stereocenters. The van der Waals surface area contributed by atoms with Gasteiger partial charge in [-0.1, -0.05) is 27.7 Å². The SMILES string of the molecule is CCCN(CCC)CCNc1ccc(OCCC(C)C)cc1. The van der Waals surface area contributed by atoms with Gasteiger partial charge >= 0.3 is 0 Å². The molecule has 0 amide bonds. The lowest BCUT2D eigenvalue weighted by molar-refractivity contribution is 0.285. The molecule has 0 fully saturated rings. The van der Waals surface area contributed by atoms with Crippen LogP contribution in [0.25, 0.3) is 0 Å². The van der Waals surface area contributed by atoms with Crippen molar-refractivity contribution in [1.82, 2.24) is 4.90 Å². The fraction of sp³-hybridized carbons (Fsp3) is 0.684. The fourth-order valence-electron chi connectivity index (χ4n) is 2.41. The molecule has 0 bridgehead atoms. The predicted octanol–water partition coefficient (Wildman–Crippen LogP) is 4.65. The fourth-order valence-corrected chi connectivity index (χ4v) is 2.41. The van der Waals surface area contributed by atoms with Gasteiger partial charge in [0.05, 0.1) is 6.61 Å². The maximum atomic E-state index is 5.74. The van der Waals surface area contributed by atoms with Crippen LogP contribution in [-0.2, 0) is 0 Å². The zero-order chi connectivity index (χ0) is 16.2. The van der Waals surface area contributed by atoms with Crippen LogP contribution in [0.2, 0.25) is 0 Å². The Morgan fingerprint density at radius 3 is 2.18 bits per heavy atom. The molecule has 0 radical (unpaired) electrons. The lowest BCUT2D eigenvalue weighted by atomic mass is 10.1. The minimum absolute atomic E-state index is 0.690. The number of nitrogens with zero attached hydrogens (tertiary/aromatic N) is 1. The quantitative estimate of drug-likeness (QED) is 0.608. The first-order chi connectivity index (χ1) is 10.7. The number of anilines is 1. The van der Waals surface area contributed by atoms with Gasteiger partial charge in [-0.15, -0.1) is 0 Å². The van der Waals surface area contributed by atoms with Crippen LogP contribution in [0.3, 0.4) is 0 Å². The molecule has 0 aliphatic carbocycles. The Bertz CT molecular complexity index is 370. The second kappa shape index (κ2) is 11.4. The Morgan fingerprint density at radius 1 is 1.00 bits per heavy atom. The van der Waals surface area contributed by atoms with E-state index < -0.39 is 0 Å². The van der Waals surface area contributed by atoms with Crippen molar-refractivity contribution in [2.75, 3.05) is 38.1 Å². The van der Waals surface area contributed by atoms with E-state index in [2.05, 4.69) is 62.2 Å². The second-order valence-electron chi connectivity index (χ2n) is 6.32. The lowest BCUT2D eigenvalue weighted by Gasteiger charge is -2.21.